The first-order chi connectivity index (χ1) is 16.4. The largest absolute Gasteiger partial charge is 0.391 e. The van der Waals surface area contributed by atoms with Crippen molar-refractivity contribution < 1.29 is 19.4 Å². The van der Waals surface area contributed by atoms with Crippen LogP contribution in [-0.2, 0) is 14.3 Å². The molecule has 1 aromatic carbocycles. The first kappa shape index (κ1) is 27.0. The van der Waals surface area contributed by atoms with Crippen molar-refractivity contribution in [3.63, 3.8) is 0 Å². The summed E-state index contributed by atoms with van der Waals surface area (Å²) in [5.41, 5.74) is 0.796. The van der Waals surface area contributed by atoms with Gasteiger partial charge in [0.15, 0.2) is 0 Å². The third-order valence-electron chi connectivity index (χ3n) is 6.58. The minimum Gasteiger partial charge on any atom is -0.391 e. The van der Waals surface area contributed by atoms with Gasteiger partial charge in [-0.15, -0.1) is 0 Å². The number of hydrogen-bond donors (Lipinski definition) is 1. The van der Waals surface area contributed by atoms with Crippen molar-refractivity contribution in [3.8, 4) is 0 Å². The highest BCUT2D eigenvalue weighted by atomic mass is 35.5. The maximum absolute atomic E-state index is 12.6. The molecule has 9 heteroatoms. The Morgan fingerprint density at radius 3 is 2.71 bits per heavy atom. The second-order valence-electron chi connectivity index (χ2n) is 8.94. The molecule has 0 bridgehead atoms. The molecule has 2 saturated heterocycles. The normalized spacial score (nSPS) is 22.4. The summed E-state index contributed by atoms with van der Waals surface area (Å²) in [6, 6.07) is 5.26. The first-order valence-corrected chi connectivity index (χ1v) is 12.8. The predicted molar refractivity (Wildman–Crippen MR) is 135 cm³/mol. The average molecular weight is 512 g/mol. The van der Waals surface area contributed by atoms with Gasteiger partial charge >= 0.3 is 0 Å². The Kier molecular flexibility index (Phi) is 10.7. The van der Waals surface area contributed by atoms with Crippen molar-refractivity contribution in [2.24, 2.45) is 0 Å². The maximum atomic E-state index is 12.6. The zero-order valence-corrected chi connectivity index (χ0v) is 21.3. The molecule has 0 spiro atoms. The predicted octanol–water partition coefficient (Wildman–Crippen LogP) is 3.32. The van der Waals surface area contributed by atoms with E-state index in [0.717, 1.165) is 44.3 Å². The molecule has 7 nitrogen and oxygen atoms in total. The van der Waals surface area contributed by atoms with Crippen LogP contribution >= 0.6 is 23.2 Å². The zero-order valence-electron chi connectivity index (χ0n) is 19.8. The highest BCUT2D eigenvalue weighted by molar-refractivity contribution is 6.42. The number of benzene rings is 1. The number of ether oxygens (including phenoxy) is 1. The molecule has 2 aliphatic rings. The van der Waals surface area contributed by atoms with Gasteiger partial charge in [-0.05, 0) is 62.5 Å². The number of likely N-dealkylation sites (tertiary alicyclic amines) is 1. The quantitative estimate of drug-likeness (QED) is 0.406. The molecule has 1 N–H and O–H groups in total. The van der Waals surface area contributed by atoms with Gasteiger partial charge in [0.05, 0.1) is 28.8 Å². The summed E-state index contributed by atoms with van der Waals surface area (Å²) in [4.78, 5) is 31.1. The van der Waals surface area contributed by atoms with Gasteiger partial charge in [-0.3, -0.25) is 14.5 Å². The van der Waals surface area contributed by atoms with Gasteiger partial charge in [0.1, 0.15) is 0 Å². The lowest BCUT2D eigenvalue weighted by Crippen LogP contribution is -2.50. The summed E-state index contributed by atoms with van der Waals surface area (Å²) >= 11 is 12.0. The van der Waals surface area contributed by atoms with Gasteiger partial charge in [-0.25, -0.2) is 0 Å². The fraction of sp³-hybridized carbons (Fsp3) is 0.600. The van der Waals surface area contributed by atoms with Crippen LogP contribution in [0.15, 0.2) is 24.3 Å². The Hall–Kier alpha value is -1.64. The average Bonchev–Trinajstić information content (AvgIpc) is 3.01. The Labute approximate surface area is 212 Å². The molecule has 0 aliphatic carbocycles. The fourth-order valence-corrected chi connectivity index (χ4v) is 4.91. The van der Waals surface area contributed by atoms with Gasteiger partial charge in [-0.2, -0.15) is 0 Å². The number of rotatable bonds is 9. The third-order valence-corrected chi connectivity index (χ3v) is 7.32. The molecule has 0 aromatic heterocycles. The van der Waals surface area contributed by atoms with E-state index in [1.807, 2.05) is 4.90 Å². The van der Waals surface area contributed by atoms with Gasteiger partial charge < -0.3 is 19.6 Å². The van der Waals surface area contributed by atoms with Crippen LogP contribution in [0.4, 0.5) is 0 Å². The maximum Gasteiger partial charge on any atom is 0.246 e. The van der Waals surface area contributed by atoms with Gasteiger partial charge in [-0.1, -0.05) is 29.3 Å². The van der Waals surface area contributed by atoms with Crippen LogP contribution in [0.2, 0.25) is 10.0 Å². The lowest BCUT2D eigenvalue weighted by molar-refractivity contribution is -0.130. The highest BCUT2D eigenvalue weighted by Crippen LogP contribution is 2.23. The van der Waals surface area contributed by atoms with Crippen molar-refractivity contribution in [1.29, 1.82) is 0 Å². The number of carbonyl (C=O) groups is 2. The number of halogens is 2. The molecular formula is C25H35Cl2N3O4. The van der Waals surface area contributed by atoms with Crippen molar-refractivity contribution in [1.82, 2.24) is 14.7 Å². The van der Waals surface area contributed by atoms with Crippen LogP contribution in [0.25, 0.3) is 6.08 Å². The van der Waals surface area contributed by atoms with Crippen LogP contribution in [0.1, 0.15) is 37.7 Å². The summed E-state index contributed by atoms with van der Waals surface area (Å²) in [5, 5.41) is 11.2. The summed E-state index contributed by atoms with van der Waals surface area (Å²) in [6.45, 7) is 4.56. The van der Waals surface area contributed by atoms with Crippen LogP contribution < -0.4 is 0 Å². The standard InChI is InChI=1S/C25H35Cl2N3O4/c1-34-18-22-23(31)5-4-13-28(22)11-2-3-12-29-15-16-30(14-10-25(29)33)24(32)9-7-19-6-8-20(26)21(27)17-19/h6-9,17,22-23,31H,2-5,10-16,18H2,1H3/b9-7+. The zero-order chi connectivity index (χ0) is 24.5. The molecule has 2 amide bonds. The first-order valence-electron chi connectivity index (χ1n) is 12.0. The summed E-state index contributed by atoms with van der Waals surface area (Å²) in [6.07, 6.45) is 6.89. The number of nitrogens with zero attached hydrogens (tertiary/aromatic N) is 3. The topological polar surface area (TPSA) is 73.3 Å². The SMILES string of the molecule is COCC1C(O)CCCN1CCCCN1CCN(C(=O)/C=C/c2ccc(Cl)c(Cl)c2)CCC1=O. The van der Waals surface area contributed by atoms with E-state index in [1.165, 1.54) is 6.08 Å². The molecule has 2 unspecified atom stereocenters. The van der Waals surface area contributed by atoms with Crippen LogP contribution in [-0.4, -0.2) is 96.8 Å². The Morgan fingerprint density at radius 2 is 1.94 bits per heavy atom. The number of unbranched alkanes of at least 4 members (excludes halogenated alkanes) is 1. The molecule has 2 atom stereocenters. The monoisotopic (exact) mass is 511 g/mol. The molecular weight excluding hydrogens is 477 g/mol. The lowest BCUT2D eigenvalue weighted by atomic mass is 9.99. The summed E-state index contributed by atoms with van der Waals surface area (Å²) in [7, 11) is 1.67. The fourth-order valence-electron chi connectivity index (χ4n) is 4.60. The number of aliphatic hydroxyl groups excluding tert-OH is 1. The summed E-state index contributed by atoms with van der Waals surface area (Å²) in [5.74, 6) is -0.0250. The van der Waals surface area contributed by atoms with E-state index in [1.54, 1.807) is 36.3 Å². The molecule has 2 aliphatic heterocycles. The lowest BCUT2D eigenvalue weighted by Gasteiger charge is -2.38. The van der Waals surface area contributed by atoms with E-state index in [4.69, 9.17) is 27.9 Å². The molecule has 2 fully saturated rings. The Balaban J connectivity index is 1.43. The third kappa shape index (κ3) is 7.68. The van der Waals surface area contributed by atoms with Gasteiger partial charge in [0, 0.05) is 45.8 Å². The minimum atomic E-state index is -0.338. The van der Waals surface area contributed by atoms with Crippen LogP contribution in [0, 0.1) is 0 Å². The van der Waals surface area contributed by atoms with Crippen molar-refractivity contribution in [2.45, 2.75) is 44.2 Å². The van der Waals surface area contributed by atoms with E-state index in [0.29, 0.717) is 49.3 Å². The van der Waals surface area contributed by atoms with E-state index < -0.39 is 0 Å². The van der Waals surface area contributed by atoms with Gasteiger partial charge in [0.25, 0.3) is 0 Å². The van der Waals surface area contributed by atoms with Crippen molar-refractivity contribution >= 4 is 41.1 Å². The van der Waals surface area contributed by atoms with Crippen molar-refractivity contribution in [2.75, 3.05) is 53.0 Å². The van der Waals surface area contributed by atoms with E-state index in [9.17, 15) is 14.7 Å². The molecule has 0 saturated carbocycles. The smallest absolute Gasteiger partial charge is 0.246 e. The summed E-state index contributed by atoms with van der Waals surface area (Å²) < 4.78 is 5.29. The number of methoxy groups -OCH3 is 1. The van der Waals surface area contributed by atoms with E-state index in [2.05, 4.69) is 4.90 Å². The molecule has 2 heterocycles. The van der Waals surface area contributed by atoms with Crippen molar-refractivity contribution in [3.05, 3.63) is 39.9 Å². The second kappa shape index (κ2) is 13.4. The number of hydrogen-bond acceptors (Lipinski definition) is 5. The Bertz CT molecular complexity index is 867. The number of carbonyl (C=O) groups excluding carboxylic acids is 2. The Morgan fingerprint density at radius 1 is 1.15 bits per heavy atom. The van der Waals surface area contributed by atoms with Gasteiger partial charge in [0.2, 0.25) is 11.8 Å². The van der Waals surface area contributed by atoms with E-state index >= 15 is 0 Å². The molecule has 188 valence electrons. The molecule has 3 rings (SSSR count). The molecule has 0 radical (unpaired) electrons. The van der Waals surface area contributed by atoms with E-state index in [-0.39, 0.29) is 24.0 Å². The minimum absolute atomic E-state index is 0.0510. The number of piperidine rings is 1. The molecule has 1 aromatic rings. The van der Waals surface area contributed by atoms with Crippen LogP contribution in [0.5, 0.6) is 0 Å². The number of aliphatic hydroxyl groups is 1. The number of amides is 2. The second-order valence-corrected chi connectivity index (χ2v) is 9.75. The molecule has 34 heavy (non-hydrogen) atoms. The van der Waals surface area contributed by atoms with Crippen LogP contribution in [0.3, 0.4) is 0 Å². The highest BCUT2D eigenvalue weighted by Gasteiger charge is 2.29.